The predicted molar refractivity (Wildman–Crippen MR) is 47.2 cm³/mol. The van der Waals surface area contributed by atoms with Crippen LogP contribution in [0.25, 0.3) is 0 Å². The zero-order chi connectivity index (χ0) is 8.10. The Balaban J connectivity index is 2.45. The van der Waals surface area contributed by atoms with Crippen LogP contribution in [0, 0.1) is 5.92 Å². The van der Waals surface area contributed by atoms with Gasteiger partial charge >= 0.3 is 0 Å². The van der Waals surface area contributed by atoms with E-state index >= 15 is 0 Å². The summed E-state index contributed by atoms with van der Waals surface area (Å²) in [4.78, 5) is 0. The third-order valence-electron chi connectivity index (χ3n) is 1.71. The molecule has 0 bridgehead atoms. The monoisotopic (exact) mass is 150 g/mol. The maximum Gasteiger partial charge on any atom is 0.115 e. The highest BCUT2D eigenvalue weighted by molar-refractivity contribution is 5.20. The second-order valence-electron chi connectivity index (χ2n) is 2.53. The molecule has 0 aliphatic heterocycles. The second kappa shape index (κ2) is 4.02. The van der Waals surface area contributed by atoms with Gasteiger partial charge in [-0.2, -0.15) is 0 Å². The molecular weight excluding hydrogens is 136 g/mol. The van der Waals surface area contributed by atoms with E-state index in [0.29, 0.717) is 5.92 Å². The van der Waals surface area contributed by atoms with Gasteiger partial charge in [-0.1, -0.05) is 12.2 Å². The fourth-order valence-corrected chi connectivity index (χ4v) is 1.07. The molecule has 0 saturated carbocycles. The molecule has 11 heavy (non-hydrogen) atoms. The molecule has 60 valence electrons. The van der Waals surface area contributed by atoms with Crippen molar-refractivity contribution >= 4 is 0 Å². The normalized spacial score (nSPS) is 22.6. The van der Waals surface area contributed by atoms with Crippen molar-refractivity contribution in [1.82, 2.24) is 0 Å². The quantitative estimate of drug-likeness (QED) is 0.562. The highest BCUT2D eigenvalue weighted by Gasteiger charge is 2.03. The topological polar surface area (TPSA) is 9.23 Å². The summed E-state index contributed by atoms with van der Waals surface area (Å²) in [5.41, 5.74) is 0. The molecule has 1 aliphatic carbocycles. The Labute approximate surface area is 68.1 Å². The molecule has 0 heterocycles. The first-order valence-corrected chi connectivity index (χ1v) is 4.00. The fourth-order valence-electron chi connectivity index (χ4n) is 1.07. The Kier molecular flexibility index (Phi) is 2.96. The van der Waals surface area contributed by atoms with Crippen molar-refractivity contribution in [3.05, 3.63) is 36.6 Å². The van der Waals surface area contributed by atoms with Gasteiger partial charge in [0.25, 0.3) is 0 Å². The maximum absolute atomic E-state index is 5.32. The minimum Gasteiger partial charge on any atom is -0.494 e. The Hall–Kier alpha value is -0.980. The van der Waals surface area contributed by atoms with E-state index in [1.54, 1.807) is 0 Å². The summed E-state index contributed by atoms with van der Waals surface area (Å²) in [6, 6.07) is 0. The molecular formula is C10H14O. The van der Waals surface area contributed by atoms with Crippen LogP contribution in [0.1, 0.15) is 13.3 Å². The molecule has 0 saturated heterocycles. The van der Waals surface area contributed by atoms with E-state index in [9.17, 15) is 0 Å². The SMILES string of the molecule is C=CC1C=CC(OCC)=CC1. The number of hydrogen-bond acceptors (Lipinski definition) is 1. The maximum atomic E-state index is 5.32. The summed E-state index contributed by atoms with van der Waals surface area (Å²) in [5.74, 6) is 1.49. The molecule has 1 unspecified atom stereocenters. The lowest BCUT2D eigenvalue weighted by Gasteiger charge is -2.12. The summed E-state index contributed by atoms with van der Waals surface area (Å²) in [7, 11) is 0. The van der Waals surface area contributed by atoms with Crippen LogP contribution in [0.3, 0.4) is 0 Å². The molecule has 0 N–H and O–H groups in total. The van der Waals surface area contributed by atoms with Crippen LogP contribution >= 0.6 is 0 Å². The molecule has 0 spiro atoms. The van der Waals surface area contributed by atoms with E-state index in [1.807, 2.05) is 19.1 Å². The standard InChI is InChI=1S/C10H14O/c1-3-9-5-7-10(8-6-9)11-4-2/h3,5,7-9H,1,4,6H2,2H3. The molecule has 0 aromatic carbocycles. The van der Waals surface area contributed by atoms with Crippen LogP contribution in [0.2, 0.25) is 0 Å². The van der Waals surface area contributed by atoms with Gasteiger partial charge in [0.1, 0.15) is 5.76 Å². The van der Waals surface area contributed by atoms with Gasteiger partial charge in [-0.15, -0.1) is 6.58 Å². The van der Waals surface area contributed by atoms with Crippen LogP contribution in [0.5, 0.6) is 0 Å². The van der Waals surface area contributed by atoms with Crippen molar-refractivity contribution in [2.75, 3.05) is 6.61 Å². The first kappa shape index (κ1) is 8.12. The number of hydrogen-bond donors (Lipinski definition) is 0. The largest absolute Gasteiger partial charge is 0.494 e. The molecule has 1 aliphatic rings. The van der Waals surface area contributed by atoms with Gasteiger partial charge in [-0.3, -0.25) is 0 Å². The number of rotatable bonds is 3. The third-order valence-corrected chi connectivity index (χ3v) is 1.71. The van der Waals surface area contributed by atoms with Gasteiger partial charge in [0, 0.05) is 0 Å². The molecule has 1 heteroatoms. The van der Waals surface area contributed by atoms with Crippen molar-refractivity contribution < 1.29 is 4.74 Å². The molecule has 0 radical (unpaired) electrons. The fraction of sp³-hybridized carbons (Fsp3) is 0.400. The molecule has 0 amide bonds. The van der Waals surface area contributed by atoms with Gasteiger partial charge in [0.05, 0.1) is 6.61 Å². The van der Waals surface area contributed by atoms with Crippen molar-refractivity contribution in [3.63, 3.8) is 0 Å². The Bertz CT molecular complexity index is 189. The molecule has 1 rings (SSSR count). The Morgan fingerprint density at radius 2 is 2.64 bits per heavy atom. The van der Waals surface area contributed by atoms with Gasteiger partial charge < -0.3 is 4.74 Å². The Morgan fingerprint density at radius 3 is 3.09 bits per heavy atom. The van der Waals surface area contributed by atoms with Crippen molar-refractivity contribution in [3.8, 4) is 0 Å². The van der Waals surface area contributed by atoms with E-state index in [2.05, 4.69) is 18.7 Å². The minimum absolute atomic E-state index is 0.499. The minimum atomic E-state index is 0.499. The lowest BCUT2D eigenvalue weighted by molar-refractivity contribution is 0.239. The average molecular weight is 150 g/mol. The molecule has 1 nitrogen and oxygen atoms in total. The highest BCUT2D eigenvalue weighted by atomic mass is 16.5. The van der Waals surface area contributed by atoms with Crippen molar-refractivity contribution in [2.45, 2.75) is 13.3 Å². The van der Waals surface area contributed by atoms with Crippen LogP contribution < -0.4 is 0 Å². The van der Waals surface area contributed by atoms with Gasteiger partial charge in [0.15, 0.2) is 0 Å². The lowest BCUT2D eigenvalue weighted by Crippen LogP contribution is -1.98. The van der Waals surface area contributed by atoms with E-state index in [1.165, 1.54) is 0 Å². The van der Waals surface area contributed by atoms with E-state index < -0.39 is 0 Å². The molecule has 1 atom stereocenters. The second-order valence-corrected chi connectivity index (χ2v) is 2.53. The summed E-state index contributed by atoms with van der Waals surface area (Å²) in [6.45, 7) is 6.47. The molecule has 0 aromatic heterocycles. The van der Waals surface area contributed by atoms with Crippen LogP contribution in [-0.4, -0.2) is 6.61 Å². The smallest absolute Gasteiger partial charge is 0.115 e. The molecule has 0 aromatic rings. The third kappa shape index (κ3) is 2.26. The first-order chi connectivity index (χ1) is 5.36. The molecule has 0 fully saturated rings. The van der Waals surface area contributed by atoms with Gasteiger partial charge in [-0.25, -0.2) is 0 Å². The van der Waals surface area contributed by atoms with E-state index in [-0.39, 0.29) is 0 Å². The van der Waals surface area contributed by atoms with Crippen molar-refractivity contribution in [1.29, 1.82) is 0 Å². The van der Waals surface area contributed by atoms with Gasteiger partial charge in [-0.05, 0) is 31.4 Å². The first-order valence-electron chi connectivity index (χ1n) is 4.00. The summed E-state index contributed by atoms with van der Waals surface area (Å²) in [5, 5.41) is 0. The summed E-state index contributed by atoms with van der Waals surface area (Å²) < 4.78 is 5.32. The van der Waals surface area contributed by atoms with E-state index in [0.717, 1.165) is 18.8 Å². The number of allylic oxidation sites excluding steroid dienone is 4. The lowest BCUT2D eigenvalue weighted by atomic mass is 10.0. The predicted octanol–water partition coefficient (Wildman–Crippen LogP) is 2.67. The highest BCUT2D eigenvalue weighted by Crippen LogP contribution is 2.17. The average Bonchev–Trinajstić information content (AvgIpc) is 2.07. The van der Waals surface area contributed by atoms with Crippen LogP contribution in [-0.2, 0) is 4.74 Å². The summed E-state index contributed by atoms with van der Waals surface area (Å²) in [6.07, 6.45) is 9.22. The summed E-state index contributed by atoms with van der Waals surface area (Å²) >= 11 is 0. The van der Waals surface area contributed by atoms with E-state index in [4.69, 9.17) is 4.74 Å². The number of ether oxygens (including phenoxy) is 1. The van der Waals surface area contributed by atoms with Crippen LogP contribution in [0.4, 0.5) is 0 Å². The van der Waals surface area contributed by atoms with Gasteiger partial charge in [0.2, 0.25) is 0 Å². The zero-order valence-corrected chi connectivity index (χ0v) is 6.92. The zero-order valence-electron chi connectivity index (χ0n) is 6.92. The van der Waals surface area contributed by atoms with Crippen LogP contribution in [0.15, 0.2) is 36.6 Å². The Morgan fingerprint density at radius 1 is 1.82 bits per heavy atom. The van der Waals surface area contributed by atoms with Crippen molar-refractivity contribution in [2.24, 2.45) is 5.92 Å².